The highest BCUT2D eigenvalue weighted by atomic mass is 19.4. The lowest BCUT2D eigenvalue weighted by Gasteiger charge is -2.36. The maximum Gasteiger partial charge on any atom is 0.416 e. The topological polar surface area (TPSA) is 64.8 Å². The molecular weight excluding hydrogens is 393 g/mol. The minimum atomic E-state index is -4.46. The fourth-order valence-electron chi connectivity index (χ4n) is 4.22. The molecule has 0 bridgehead atoms. The van der Waals surface area contributed by atoms with Gasteiger partial charge >= 0.3 is 6.18 Å². The molecule has 4 aromatic rings. The van der Waals surface area contributed by atoms with E-state index in [9.17, 15) is 18.0 Å². The molecule has 0 unspecified atom stereocenters. The second kappa shape index (κ2) is 6.76. The van der Waals surface area contributed by atoms with Gasteiger partial charge in [-0.25, -0.2) is 0 Å². The molecule has 0 spiro atoms. The average Bonchev–Trinajstić information content (AvgIpc) is 3.40. The molecule has 2 aromatic heterocycles. The predicted molar refractivity (Wildman–Crippen MR) is 105 cm³/mol. The molecule has 30 heavy (non-hydrogen) atoms. The normalized spacial score (nSPS) is 16.6. The first-order valence-corrected chi connectivity index (χ1v) is 9.50. The highest BCUT2D eigenvalue weighted by Gasteiger charge is 2.37. The zero-order valence-electron chi connectivity index (χ0n) is 15.7. The maximum absolute atomic E-state index is 13.4. The summed E-state index contributed by atoms with van der Waals surface area (Å²) >= 11 is 0. The smallest absolute Gasteiger partial charge is 0.356 e. The zero-order valence-corrected chi connectivity index (χ0v) is 15.7. The molecular formula is C22H17F3N4O. The monoisotopic (exact) mass is 410 g/mol. The number of nitrogens with zero attached hydrogens (tertiary/aromatic N) is 2. The molecule has 1 aliphatic rings. The Morgan fingerprint density at radius 3 is 2.73 bits per heavy atom. The van der Waals surface area contributed by atoms with Gasteiger partial charge in [0.15, 0.2) is 0 Å². The summed E-state index contributed by atoms with van der Waals surface area (Å²) in [4.78, 5) is 18.1. The molecule has 0 saturated carbocycles. The van der Waals surface area contributed by atoms with Crippen molar-refractivity contribution in [2.75, 3.05) is 6.54 Å². The molecule has 0 aliphatic carbocycles. The van der Waals surface area contributed by atoms with E-state index in [2.05, 4.69) is 15.2 Å². The Hall–Kier alpha value is -3.55. The molecule has 1 amide bonds. The van der Waals surface area contributed by atoms with Crippen molar-refractivity contribution in [3.8, 4) is 0 Å². The summed E-state index contributed by atoms with van der Waals surface area (Å²) < 4.78 is 40.1. The van der Waals surface area contributed by atoms with Crippen LogP contribution in [0.5, 0.6) is 0 Å². The van der Waals surface area contributed by atoms with E-state index >= 15 is 0 Å². The summed E-state index contributed by atoms with van der Waals surface area (Å²) in [5.41, 5.74) is 2.72. The third kappa shape index (κ3) is 2.96. The SMILES string of the molecule is O=C(c1cn[nH]c1)N1CCc2c([nH]c3ccccc23)[C@@H]1c1cccc(C(F)(F)F)c1. The number of nitrogens with one attached hydrogen (secondary N) is 2. The standard InChI is InChI=1S/C22H17F3N4O/c23-22(24,25)15-5-3-4-13(10-15)20-19-17(16-6-1-2-7-18(16)28-19)8-9-29(20)21(30)14-11-26-27-12-14/h1-7,10-12,20,28H,8-9H2,(H,26,27)/t20-/m0/s1. The van der Waals surface area contributed by atoms with Crippen molar-refractivity contribution in [3.05, 3.63) is 88.9 Å². The van der Waals surface area contributed by atoms with Gasteiger partial charge in [-0.3, -0.25) is 9.89 Å². The summed E-state index contributed by atoms with van der Waals surface area (Å²) in [5.74, 6) is -0.282. The molecule has 0 radical (unpaired) electrons. The molecule has 152 valence electrons. The van der Waals surface area contributed by atoms with Crippen molar-refractivity contribution < 1.29 is 18.0 Å². The van der Waals surface area contributed by atoms with Gasteiger partial charge in [-0.05, 0) is 35.7 Å². The Morgan fingerprint density at radius 2 is 1.97 bits per heavy atom. The average molecular weight is 410 g/mol. The third-order valence-corrected chi connectivity index (χ3v) is 5.57. The molecule has 2 aromatic carbocycles. The van der Waals surface area contributed by atoms with Crippen LogP contribution in [0, 0.1) is 0 Å². The number of carbonyl (C=O) groups excluding carboxylic acids is 1. The van der Waals surface area contributed by atoms with E-state index in [0.717, 1.165) is 34.3 Å². The van der Waals surface area contributed by atoms with E-state index in [1.807, 2.05) is 24.3 Å². The molecule has 1 atom stereocenters. The van der Waals surface area contributed by atoms with Crippen LogP contribution in [0.15, 0.2) is 60.9 Å². The van der Waals surface area contributed by atoms with Crippen molar-refractivity contribution in [2.45, 2.75) is 18.6 Å². The lowest BCUT2D eigenvalue weighted by atomic mass is 9.91. The Balaban J connectivity index is 1.69. The van der Waals surface area contributed by atoms with Crippen LogP contribution < -0.4 is 0 Å². The van der Waals surface area contributed by atoms with Gasteiger partial charge < -0.3 is 9.88 Å². The number of hydrogen-bond donors (Lipinski definition) is 2. The number of amides is 1. The van der Waals surface area contributed by atoms with E-state index in [4.69, 9.17) is 0 Å². The van der Waals surface area contributed by atoms with Crippen molar-refractivity contribution in [3.63, 3.8) is 0 Å². The van der Waals surface area contributed by atoms with E-state index in [1.165, 1.54) is 18.5 Å². The van der Waals surface area contributed by atoms with Gasteiger partial charge in [-0.15, -0.1) is 0 Å². The van der Waals surface area contributed by atoms with Gasteiger partial charge in [0, 0.05) is 29.3 Å². The van der Waals surface area contributed by atoms with Crippen molar-refractivity contribution in [1.29, 1.82) is 0 Å². The van der Waals surface area contributed by atoms with Crippen molar-refractivity contribution in [2.24, 2.45) is 0 Å². The van der Waals surface area contributed by atoms with Gasteiger partial charge in [0.25, 0.3) is 5.91 Å². The lowest BCUT2D eigenvalue weighted by molar-refractivity contribution is -0.137. The Labute approximate surface area is 169 Å². The number of rotatable bonds is 2. The van der Waals surface area contributed by atoms with Crippen LogP contribution in [0.3, 0.4) is 0 Å². The number of fused-ring (bicyclic) bond motifs is 3. The van der Waals surface area contributed by atoms with Gasteiger partial charge in [0.1, 0.15) is 0 Å². The number of aromatic amines is 2. The van der Waals surface area contributed by atoms with Crippen LogP contribution in [0.25, 0.3) is 10.9 Å². The first-order valence-electron chi connectivity index (χ1n) is 9.50. The Bertz CT molecular complexity index is 1230. The lowest BCUT2D eigenvalue weighted by Crippen LogP contribution is -2.40. The number of alkyl halides is 3. The maximum atomic E-state index is 13.4. The highest BCUT2D eigenvalue weighted by molar-refractivity contribution is 5.95. The van der Waals surface area contributed by atoms with Gasteiger partial charge in [-0.2, -0.15) is 18.3 Å². The third-order valence-electron chi connectivity index (χ3n) is 5.57. The number of hydrogen-bond acceptors (Lipinski definition) is 2. The molecule has 5 rings (SSSR count). The van der Waals surface area contributed by atoms with Crippen LogP contribution >= 0.6 is 0 Å². The Kier molecular flexibility index (Phi) is 4.16. The van der Waals surface area contributed by atoms with E-state index in [0.29, 0.717) is 24.1 Å². The van der Waals surface area contributed by atoms with Crippen molar-refractivity contribution >= 4 is 16.8 Å². The summed E-state index contributed by atoms with van der Waals surface area (Å²) in [6.07, 6.45) is -0.940. The van der Waals surface area contributed by atoms with E-state index in [-0.39, 0.29) is 5.91 Å². The highest BCUT2D eigenvalue weighted by Crippen LogP contribution is 2.40. The fourth-order valence-corrected chi connectivity index (χ4v) is 4.22. The molecule has 5 nitrogen and oxygen atoms in total. The number of aromatic nitrogens is 3. The number of benzene rings is 2. The van der Waals surface area contributed by atoms with Gasteiger partial charge in [0.2, 0.25) is 0 Å². The van der Waals surface area contributed by atoms with Crippen LogP contribution in [0.1, 0.15) is 38.8 Å². The van der Waals surface area contributed by atoms with E-state index in [1.54, 1.807) is 11.0 Å². The van der Waals surface area contributed by atoms with Crippen LogP contribution in [0.2, 0.25) is 0 Å². The molecule has 1 aliphatic heterocycles. The largest absolute Gasteiger partial charge is 0.416 e. The van der Waals surface area contributed by atoms with E-state index < -0.39 is 17.8 Å². The molecule has 0 saturated heterocycles. The number of para-hydroxylation sites is 1. The summed E-state index contributed by atoms with van der Waals surface area (Å²) in [7, 11) is 0. The molecule has 2 N–H and O–H groups in total. The summed E-state index contributed by atoms with van der Waals surface area (Å²) in [6.45, 7) is 0.389. The van der Waals surface area contributed by atoms with Gasteiger partial charge in [0.05, 0.1) is 23.4 Å². The van der Waals surface area contributed by atoms with Crippen molar-refractivity contribution in [1.82, 2.24) is 20.1 Å². The molecule has 8 heteroatoms. The Morgan fingerprint density at radius 1 is 1.13 bits per heavy atom. The zero-order chi connectivity index (χ0) is 20.9. The first kappa shape index (κ1) is 18.5. The molecule has 3 heterocycles. The molecule has 0 fully saturated rings. The quantitative estimate of drug-likeness (QED) is 0.503. The number of H-pyrrole nitrogens is 2. The second-order valence-corrected chi connectivity index (χ2v) is 7.32. The number of halogens is 3. The second-order valence-electron chi connectivity index (χ2n) is 7.32. The van der Waals surface area contributed by atoms with Crippen LogP contribution in [-0.4, -0.2) is 32.5 Å². The summed E-state index contributed by atoms with van der Waals surface area (Å²) in [6, 6.07) is 12.3. The van der Waals surface area contributed by atoms with Gasteiger partial charge in [-0.1, -0.05) is 30.3 Å². The minimum Gasteiger partial charge on any atom is -0.356 e. The minimum absolute atomic E-state index is 0.282. The van der Waals surface area contributed by atoms with Crippen LogP contribution in [-0.2, 0) is 12.6 Å². The number of carbonyl (C=O) groups is 1. The van der Waals surface area contributed by atoms with Crippen LogP contribution in [0.4, 0.5) is 13.2 Å². The predicted octanol–water partition coefficient (Wildman–Crippen LogP) is 4.70. The summed E-state index contributed by atoms with van der Waals surface area (Å²) in [5, 5.41) is 7.48. The fraction of sp³-hybridized carbons (Fsp3) is 0.182. The first-order chi connectivity index (χ1) is 14.4.